The quantitative estimate of drug-likeness (QED) is 0.0428. The van der Waals surface area contributed by atoms with Gasteiger partial charge in [0.2, 0.25) is 11.6 Å². The molecule has 0 aromatic carbocycles. The van der Waals surface area contributed by atoms with Gasteiger partial charge in [-0.3, -0.25) is 55.0 Å². The van der Waals surface area contributed by atoms with Crippen molar-refractivity contribution in [2.24, 2.45) is 7.05 Å². The van der Waals surface area contributed by atoms with Crippen LogP contribution in [-0.2, 0) is 13.5 Å². The Morgan fingerprint density at radius 1 is 0.684 bits per heavy atom. The molecule has 7 aromatic rings. The van der Waals surface area contributed by atoms with Crippen molar-refractivity contribution in [1.82, 2.24) is 39.5 Å². The molecule has 7 N–H and O–H groups in total. The fourth-order valence-corrected chi connectivity index (χ4v) is 7.03. The lowest BCUT2D eigenvalue weighted by Gasteiger charge is -2.07. The number of alkyl halides is 4. The number of H-pyrrole nitrogens is 1. The van der Waals surface area contributed by atoms with E-state index in [2.05, 4.69) is 216 Å². The minimum Gasteiger partial charge on any atom is -0.395 e. The largest absolute Gasteiger partial charge is 0.395 e. The van der Waals surface area contributed by atoms with Gasteiger partial charge in [0, 0.05) is 88.3 Å². The second-order valence-electron chi connectivity index (χ2n) is 13.4. The van der Waals surface area contributed by atoms with E-state index in [-0.39, 0.29) is 57.5 Å². The van der Waals surface area contributed by atoms with Crippen LogP contribution in [0.4, 0.5) is 45.9 Å². The topological polar surface area (TPSA) is 364 Å². The van der Waals surface area contributed by atoms with E-state index in [1.165, 1.54) is 43.8 Å². The SMILES string of the molecule is C.CCc1ncc(Br)cc1[N+](=O)[O-].CI.CI.CNc1ncc(Br)c(C)c1N.CNc1ncc(Br)c(Cl)c1[N+](=O)[O-].Cc1c(Br)cnc2c1[nH]c(=O)n2C.Cc1ncc(Br)cc1[N+](=O)[O-].ICI.Nc1nccc(Cl)c1[N+](=O)[O-]. The number of nitro groups is 4. The van der Waals surface area contributed by atoms with Crippen LogP contribution in [0.15, 0.2) is 82.5 Å². The van der Waals surface area contributed by atoms with Crippen molar-refractivity contribution in [3.8, 4) is 0 Å². The summed E-state index contributed by atoms with van der Waals surface area (Å²) >= 11 is 36.0. The summed E-state index contributed by atoms with van der Waals surface area (Å²) in [5.41, 5.74) is 15.5. The van der Waals surface area contributed by atoms with E-state index in [1.54, 1.807) is 46.7 Å². The van der Waals surface area contributed by atoms with E-state index in [1.807, 2.05) is 30.6 Å². The number of aromatic amines is 1. The van der Waals surface area contributed by atoms with Gasteiger partial charge in [-0.2, -0.15) is 0 Å². The molecule has 0 aliphatic heterocycles. The Kier molecular flexibility index (Phi) is 43.2. The molecule has 7 aromatic heterocycles. The molecule has 0 aliphatic rings. The number of nitrogens with one attached hydrogen (secondary N) is 3. The molecule has 0 fully saturated rings. The second kappa shape index (κ2) is 42.7. The molecule has 434 valence electrons. The molecule has 36 heteroatoms. The number of pyridine rings is 6. The average Bonchev–Trinajstić information content (AvgIpc) is 3.70. The van der Waals surface area contributed by atoms with Gasteiger partial charge < -0.3 is 27.1 Å². The molecule has 7 rings (SSSR count). The Hall–Kier alpha value is -3.13. The molecule has 0 saturated carbocycles. The molecule has 0 aliphatic carbocycles. The van der Waals surface area contributed by atoms with E-state index in [4.69, 9.17) is 34.7 Å². The number of rotatable bonds is 7. The summed E-state index contributed by atoms with van der Waals surface area (Å²) in [6.07, 6.45) is 9.81. The molecule has 25 nitrogen and oxygen atoms in total. The minimum atomic E-state index is -0.662. The van der Waals surface area contributed by atoms with Crippen molar-refractivity contribution < 1.29 is 19.7 Å². The highest BCUT2D eigenvalue weighted by molar-refractivity contribution is 14.2. The van der Waals surface area contributed by atoms with Crippen LogP contribution < -0.4 is 27.8 Å². The first-order valence-corrected chi connectivity index (χ1v) is 32.7. The van der Waals surface area contributed by atoms with Gasteiger partial charge in [0.05, 0.1) is 37.8 Å². The lowest BCUT2D eigenvalue weighted by molar-refractivity contribution is -0.386. The predicted molar refractivity (Wildman–Crippen MR) is 369 cm³/mol. The standard InChI is InChI=1S/C8H8BrN3O.C7H10BrN3.C7H7BrN2O2.C6H5BrClN3O2.C6H5BrN2O2.C5H4ClN3O2.CH2I2.2CH3I.CH4/c1-4-5(9)3-10-7-6(4)11-8(13)12(7)2;1-4-5(8)3-11-7(10-2)6(4)9;1-2-6-7(10(11)12)3-5(8)4-9-6;1-9-6-5(11(12)13)4(8)3(7)2-10-6;1-4-6(9(10)11)2-5(7)3-8-4;6-3-1-2-8-5(7)4(3)9(10)11;2-1-3;2*1-2;/h3H,1-2H3,(H,11,13);3H,9H2,1-2H3,(H,10,11);3-4H,2H2,1H3;2H,1H3,(H,9,10);2-3H,1H3;1-2H,(H2,7,8);1H2;2*1H3;1H4. The third kappa shape index (κ3) is 26.8. The van der Waals surface area contributed by atoms with Crippen molar-refractivity contribution in [2.75, 3.05) is 48.5 Å². The molecule has 0 bridgehead atoms. The first-order chi connectivity index (χ1) is 36.6. The van der Waals surface area contributed by atoms with E-state index in [9.17, 15) is 45.3 Å². The number of nitrogen functional groups attached to an aromatic ring is 2. The predicted octanol–water partition coefficient (Wildman–Crippen LogP) is 15.7. The Morgan fingerprint density at radius 3 is 1.58 bits per heavy atom. The van der Waals surface area contributed by atoms with Crippen molar-refractivity contribution >= 4 is 250 Å². The molecule has 0 amide bonds. The molecular formula is C43H51Br5Cl2I4N16O9. The van der Waals surface area contributed by atoms with E-state index < -0.39 is 19.7 Å². The van der Waals surface area contributed by atoms with Crippen LogP contribution in [0.3, 0.4) is 0 Å². The Labute approximate surface area is 560 Å². The van der Waals surface area contributed by atoms with Crippen LogP contribution in [0.1, 0.15) is 36.9 Å². The van der Waals surface area contributed by atoms with E-state index >= 15 is 0 Å². The lowest BCUT2D eigenvalue weighted by atomic mass is 10.2. The van der Waals surface area contributed by atoms with E-state index in [0.717, 1.165) is 31.4 Å². The number of hydrogen-bond donors (Lipinski definition) is 5. The number of anilines is 4. The third-order valence-electron chi connectivity index (χ3n) is 8.80. The van der Waals surface area contributed by atoms with Crippen molar-refractivity contribution in [1.29, 1.82) is 0 Å². The van der Waals surface area contributed by atoms with Crippen molar-refractivity contribution in [3.63, 3.8) is 0 Å². The maximum atomic E-state index is 11.3. The Morgan fingerprint density at radius 2 is 1.14 bits per heavy atom. The highest BCUT2D eigenvalue weighted by atomic mass is 127. The Balaban J connectivity index is -0.000000856. The molecule has 7 heterocycles. The number of fused-ring (bicyclic) bond motifs is 1. The fourth-order valence-electron chi connectivity index (χ4n) is 5.05. The number of nitrogens with two attached hydrogens (primary N) is 2. The van der Waals surface area contributed by atoms with Crippen LogP contribution in [-0.4, -0.2) is 85.5 Å². The van der Waals surface area contributed by atoms with Crippen LogP contribution in [0.2, 0.25) is 10.0 Å². The van der Waals surface area contributed by atoms with Crippen molar-refractivity contribution in [2.45, 2.75) is 41.5 Å². The second-order valence-corrected chi connectivity index (χ2v) is 23.0. The first-order valence-electron chi connectivity index (χ1n) is 20.6. The number of nitrogens with zero attached hydrogens (tertiary/aromatic N) is 11. The maximum absolute atomic E-state index is 11.3. The first kappa shape index (κ1) is 80.1. The highest BCUT2D eigenvalue weighted by Gasteiger charge is 2.22. The van der Waals surface area contributed by atoms with Gasteiger partial charge in [-0.25, -0.2) is 24.7 Å². The van der Waals surface area contributed by atoms with Crippen LogP contribution >= 0.6 is 193 Å². The summed E-state index contributed by atoms with van der Waals surface area (Å²) in [5, 5.41) is 47.2. The van der Waals surface area contributed by atoms with Crippen LogP contribution in [0.25, 0.3) is 11.2 Å². The average molecular weight is 1910 g/mol. The van der Waals surface area contributed by atoms with Gasteiger partial charge in [0.1, 0.15) is 27.3 Å². The van der Waals surface area contributed by atoms with Crippen molar-refractivity contribution in [3.05, 3.63) is 161 Å². The third-order valence-corrected chi connectivity index (χ3v) is 12.8. The number of imidazole rings is 1. The Bertz CT molecular complexity index is 3160. The number of halogens is 11. The van der Waals surface area contributed by atoms with Gasteiger partial charge in [0.25, 0.3) is 11.4 Å². The molecule has 0 atom stereocenters. The summed E-state index contributed by atoms with van der Waals surface area (Å²) in [6, 6.07) is 4.21. The number of aryl methyl sites for hydroxylation is 4. The van der Waals surface area contributed by atoms with E-state index in [0.29, 0.717) is 42.6 Å². The maximum Gasteiger partial charge on any atom is 0.330 e. The van der Waals surface area contributed by atoms with Gasteiger partial charge in [0.15, 0.2) is 5.65 Å². The smallest absolute Gasteiger partial charge is 0.330 e. The fraction of sp³-hybridized carbons (Fsp3) is 0.279. The molecular weight excluding hydrogens is 1860 g/mol. The normalized spacial score (nSPS) is 9.32. The lowest BCUT2D eigenvalue weighted by Crippen LogP contribution is -2.12. The number of aromatic nitrogens is 8. The number of hydrogen-bond acceptors (Lipinski definition) is 19. The van der Waals surface area contributed by atoms with Gasteiger partial charge in [-0.05, 0) is 134 Å². The molecule has 79 heavy (non-hydrogen) atoms. The molecule has 0 radical (unpaired) electrons. The molecule has 0 unspecified atom stereocenters. The van der Waals surface area contributed by atoms with Gasteiger partial charge in [-0.1, -0.05) is 128 Å². The summed E-state index contributed by atoms with van der Waals surface area (Å²) in [5.74, 6) is 0.714. The summed E-state index contributed by atoms with van der Waals surface area (Å²) in [7, 11) is 5.03. The zero-order chi connectivity index (χ0) is 60.7. The summed E-state index contributed by atoms with van der Waals surface area (Å²) < 4.78 is 6.18. The highest BCUT2D eigenvalue weighted by Crippen LogP contribution is 2.36. The van der Waals surface area contributed by atoms with Gasteiger partial charge in [-0.15, -0.1) is 0 Å². The van der Waals surface area contributed by atoms with Gasteiger partial charge >= 0.3 is 17.1 Å². The zero-order valence-electron chi connectivity index (χ0n) is 42.0. The van der Waals surface area contributed by atoms with Crippen LogP contribution in [0.5, 0.6) is 0 Å². The minimum absolute atomic E-state index is 0. The van der Waals surface area contributed by atoms with Crippen LogP contribution in [0, 0.1) is 61.2 Å². The monoisotopic (exact) mass is 1910 g/mol. The summed E-state index contributed by atoms with van der Waals surface area (Å²) in [4.78, 5) is 80.7. The zero-order valence-corrected chi connectivity index (χ0v) is 60.1. The molecule has 0 spiro atoms. The summed E-state index contributed by atoms with van der Waals surface area (Å²) in [6.45, 7) is 7.32. The molecule has 0 saturated heterocycles.